The lowest BCUT2D eigenvalue weighted by Gasteiger charge is -1.95. The highest BCUT2D eigenvalue weighted by atomic mass is 19.3. The minimum Gasteiger partial charge on any atom is -0.276 e. The molecule has 1 aromatic rings. The van der Waals surface area contributed by atoms with Crippen LogP contribution in [0.25, 0.3) is 0 Å². The molecule has 0 atom stereocenters. The predicted octanol–water partition coefficient (Wildman–Crippen LogP) is -0.153. The average molecular weight is 163 g/mol. The van der Waals surface area contributed by atoms with E-state index in [1.807, 2.05) is 0 Å². The summed E-state index contributed by atoms with van der Waals surface area (Å²) < 4.78 is 25.3. The van der Waals surface area contributed by atoms with Gasteiger partial charge >= 0.3 is 5.69 Å². The fraction of sp³-hybridized carbons (Fsp3) is 0.600. The third-order valence-corrected chi connectivity index (χ3v) is 1.22. The number of halogens is 2. The quantitative estimate of drug-likeness (QED) is 0.608. The van der Waals surface area contributed by atoms with E-state index in [0.29, 0.717) is 0 Å². The molecule has 0 bridgehead atoms. The van der Waals surface area contributed by atoms with Gasteiger partial charge in [-0.2, -0.15) is 5.10 Å². The second-order valence-electron chi connectivity index (χ2n) is 2.08. The van der Waals surface area contributed by atoms with Crippen molar-refractivity contribution in [2.24, 2.45) is 7.05 Å². The van der Waals surface area contributed by atoms with Crippen LogP contribution in [0.1, 0.15) is 0 Å². The summed E-state index contributed by atoms with van der Waals surface area (Å²) in [6.07, 6.45) is -1.43. The molecule has 0 aliphatic rings. The van der Waals surface area contributed by atoms with Crippen LogP contribution in [-0.4, -0.2) is 20.8 Å². The molecular formula is C5H7F2N3O. The third-order valence-electron chi connectivity index (χ3n) is 1.22. The van der Waals surface area contributed by atoms with Gasteiger partial charge in [0.1, 0.15) is 6.33 Å². The molecule has 0 aromatic carbocycles. The largest absolute Gasteiger partial charge is 0.345 e. The van der Waals surface area contributed by atoms with E-state index in [2.05, 4.69) is 5.10 Å². The molecule has 0 amide bonds. The van der Waals surface area contributed by atoms with Crippen LogP contribution in [0.3, 0.4) is 0 Å². The van der Waals surface area contributed by atoms with Crippen molar-refractivity contribution in [3.05, 3.63) is 16.8 Å². The fourth-order valence-electron chi connectivity index (χ4n) is 0.698. The van der Waals surface area contributed by atoms with Gasteiger partial charge in [0.25, 0.3) is 6.43 Å². The van der Waals surface area contributed by atoms with E-state index >= 15 is 0 Å². The van der Waals surface area contributed by atoms with Crippen LogP contribution < -0.4 is 5.69 Å². The minimum atomic E-state index is -2.52. The molecule has 6 heteroatoms. The van der Waals surface area contributed by atoms with Gasteiger partial charge in [0, 0.05) is 7.05 Å². The maximum Gasteiger partial charge on any atom is 0.345 e. The zero-order chi connectivity index (χ0) is 8.43. The van der Waals surface area contributed by atoms with E-state index in [1.165, 1.54) is 7.05 Å². The average Bonchev–Trinajstić information content (AvgIpc) is 2.18. The second-order valence-corrected chi connectivity index (χ2v) is 2.08. The summed E-state index contributed by atoms with van der Waals surface area (Å²) in [6.45, 7) is -0.591. The van der Waals surface area contributed by atoms with Gasteiger partial charge in [0.2, 0.25) is 0 Å². The molecule has 0 saturated heterocycles. The Kier molecular flexibility index (Phi) is 2.02. The van der Waals surface area contributed by atoms with Crippen LogP contribution in [0.5, 0.6) is 0 Å². The van der Waals surface area contributed by atoms with E-state index in [-0.39, 0.29) is 0 Å². The van der Waals surface area contributed by atoms with Crippen LogP contribution in [0, 0.1) is 0 Å². The molecule has 0 saturated carbocycles. The minimum absolute atomic E-state index is 0.523. The molecule has 0 aliphatic heterocycles. The molecule has 0 fully saturated rings. The SMILES string of the molecule is Cn1ncn(CC(F)F)c1=O. The number of rotatable bonds is 2. The van der Waals surface area contributed by atoms with Crippen LogP contribution in [0.15, 0.2) is 11.1 Å². The molecule has 0 spiro atoms. The topological polar surface area (TPSA) is 39.8 Å². The van der Waals surface area contributed by atoms with Crippen molar-refractivity contribution in [3.63, 3.8) is 0 Å². The zero-order valence-electron chi connectivity index (χ0n) is 5.87. The number of aryl methyl sites for hydroxylation is 1. The highest BCUT2D eigenvalue weighted by molar-refractivity contribution is 4.66. The molecule has 1 aromatic heterocycles. The smallest absolute Gasteiger partial charge is 0.276 e. The molecule has 0 aliphatic carbocycles. The molecule has 11 heavy (non-hydrogen) atoms. The highest BCUT2D eigenvalue weighted by Crippen LogP contribution is 1.93. The third kappa shape index (κ3) is 1.63. The first-order chi connectivity index (χ1) is 5.11. The molecule has 4 nitrogen and oxygen atoms in total. The maximum absolute atomic E-state index is 11.7. The second kappa shape index (κ2) is 2.81. The van der Waals surface area contributed by atoms with E-state index in [1.54, 1.807) is 0 Å². The monoisotopic (exact) mass is 163 g/mol. The summed E-state index contributed by atoms with van der Waals surface area (Å²) in [7, 11) is 1.41. The first kappa shape index (κ1) is 7.90. The summed E-state index contributed by atoms with van der Waals surface area (Å²) >= 11 is 0. The molecule has 62 valence electrons. The summed E-state index contributed by atoms with van der Waals surface area (Å²) in [5.74, 6) is 0. The number of hydrogen-bond donors (Lipinski definition) is 0. The maximum atomic E-state index is 11.7. The lowest BCUT2D eigenvalue weighted by molar-refractivity contribution is 0.125. The van der Waals surface area contributed by atoms with Gasteiger partial charge in [-0.05, 0) is 0 Å². The van der Waals surface area contributed by atoms with Gasteiger partial charge < -0.3 is 0 Å². The Hall–Kier alpha value is -1.20. The number of nitrogens with zero attached hydrogens (tertiary/aromatic N) is 3. The fourth-order valence-corrected chi connectivity index (χ4v) is 0.698. The summed E-state index contributed by atoms with van der Waals surface area (Å²) in [6, 6.07) is 0. The zero-order valence-corrected chi connectivity index (χ0v) is 5.87. The van der Waals surface area contributed by atoms with E-state index < -0.39 is 18.7 Å². The molecular weight excluding hydrogens is 156 g/mol. The van der Waals surface area contributed by atoms with E-state index in [9.17, 15) is 13.6 Å². The number of alkyl halides is 2. The van der Waals surface area contributed by atoms with Crippen molar-refractivity contribution in [2.45, 2.75) is 13.0 Å². The molecule has 1 heterocycles. The van der Waals surface area contributed by atoms with E-state index in [0.717, 1.165) is 15.6 Å². The summed E-state index contributed by atoms with van der Waals surface area (Å²) in [4.78, 5) is 10.8. The van der Waals surface area contributed by atoms with Gasteiger partial charge in [0.15, 0.2) is 0 Å². The molecule has 1 rings (SSSR count). The van der Waals surface area contributed by atoms with Gasteiger partial charge in [0.05, 0.1) is 6.54 Å². The Bertz CT molecular complexity index is 290. The Labute approximate surface area is 61.1 Å². The first-order valence-electron chi connectivity index (χ1n) is 2.98. The molecule has 0 radical (unpaired) electrons. The van der Waals surface area contributed by atoms with Crippen LogP contribution in [0.4, 0.5) is 8.78 Å². The number of hydrogen-bond acceptors (Lipinski definition) is 2. The first-order valence-corrected chi connectivity index (χ1v) is 2.98. The predicted molar refractivity (Wildman–Crippen MR) is 33.5 cm³/mol. The summed E-state index contributed by atoms with van der Waals surface area (Å²) in [5, 5.41) is 3.50. The Balaban J connectivity index is 2.88. The van der Waals surface area contributed by atoms with Crippen LogP contribution in [0.2, 0.25) is 0 Å². The van der Waals surface area contributed by atoms with Crippen LogP contribution in [-0.2, 0) is 13.6 Å². The van der Waals surface area contributed by atoms with Crippen molar-refractivity contribution in [2.75, 3.05) is 0 Å². The van der Waals surface area contributed by atoms with Gasteiger partial charge in [-0.3, -0.25) is 4.57 Å². The normalized spacial score (nSPS) is 10.9. The standard InChI is InChI=1S/C5H7F2N3O/c1-9-5(11)10(3-8-9)2-4(6)7/h3-4H,2H2,1H3. The van der Waals surface area contributed by atoms with Crippen molar-refractivity contribution in [1.82, 2.24) is 14.3 Å². The van der Waals surface area contributed by atoms with Crippen molar-refractivity contribution < 1.29 is 8.78 Å². The van der Waals surface area contributed by atoms with Crippen molar-refractivity contribution in [1.29, 1.82) is 0 Å². The number of aromatic nitrogens is 3. The Morgan fingerprint density at radius 2 is 2.36 bits per heavy atom. The van der Waals surface area contributed by atoms with Gasteiger partial charge in [-0.1, -0.05) is 0 Å². The molecule has 0 N–H and O–H groups in total. The lowest BCUT2D eigenvalue weighted by Crippen LogP contribution is -2.24. The molecule has 0 unspecified atom stereocenters. The van der Waals surface area contributed by atoms with Gasteiger partial charge in [-0.15, -0.1) is 0 Å². The van der Waals surface area contributed by atoms with Gasteiger partial charge in [-0.25, -0.2) is 18.3 Å². The lowest BCUT2D eigenvalue weighted by atomic mass is 10.7. The van der Waals surface area contributed by atoms with E-state index in [4.69, 9.17) is 0 Å². The van der Waals surface area contributed by atoms with Crippen molar-refractivity contribution >= 4 is 0 Å². The highest BCUT2D eigenvalue weighted by Gasteiger charge is 2.07. The van der Waals surface area contributed by atoms with Crippen LogP contribution >= 0.6 is 0 Å². The van der Waals surface area contributed by atoms with Crippen molar-refractivity contribution in [3.8, 4) is 0 Å². The Morgan fingerprint density at radius 1 is 1.73 bits per heavy atom. The Morgan fingerprint density at radius 3 is 2.73 bits per heavy atom. The summed E-state index contributed by atoms with van der Waals surface area (Å²) in [5.41, 5.74) is -0.523.